The van der Waals surface area contributed by atoms with Crippen LogP contribution in [0.3, 0.4) is 0 Å². The molecule has 0 aliphatic heterocycles. The van der Waals surface area contributed by atoms with Crippen LogP contribution in [0.2, 0.25) is 0 Å². The zero-order valence-electron chi connectivity index (χ0n) is 18.0. The standard InChI is InChI=1S/C23H34N4O.HI/c1-19(21-9-6-5-7-10-21)17-25-23(24-2)26-18-20-11-13-22(14-12-20)28-16-8-15-27(3)4;/h5-7,9-14,19H,8,15-18H2,1-4H3,(H2,24,25,26);1H. The first-order valence-corrected chi connectivity index (χ1v) is 9.94. The van der Waals surface area contributed by atoms with Crippen LogP contribution in [-0.2, 0) is 6.54 Å². The average molecular weight is 510 g/mol. The number of nitrogens with one attached hydrogen (secondary N) is 2. The van der Waals surface area contributed by atoms with Gasteiger partial charge in [-0.2, -0.15) is 0 Å². The number of guanidine groups is 1. The Kier molecular flexibility index (Phi) is 12.4. The molecule has 2 N–H and O–H groups in total. The number of rotatable bonds is 10. The van der Waals surface area contributed by atoms with Crippen molar-refractivity contribution in [2.45, 2.75) is 25.8 Å². The predicted octanol–water partition coefficient (Wildman–Crippen LogP) is 4.10. The van der Waals surface area contributed by atoms with Gasteiger partial charge in [0.1, 0.15) is 5.75 Å². The average Bonchev–Trinajstić information content (AvgIpc) is 2.72. The van der Waals surface area contributed by atoms with Crippen molar-refractivity contribution in [2.75, 3.05) is 40.8 Å². The number of halogens is 1. The maximum absolute atomic E-state index is 5.78. The highest BCUT2D eigenvalue weighted by molar-refractivity contribution is 14.0. The third-order valence-electron chi connectivity index (χ3n) is 4.57. The largest absolute Gasteiger partial charge is 0.494 e. The molecule has 0 aliphatic carbocycles. The molecule has 0 spiro atoms. The van der Waals surface area contributed by atoms with Crippen LogP contribution in [-0.4, -0.2) is 51.7 Å². The van der Waals surface area contributed by atoms with Gasteiger partial charge in [0.05, 0.1) is 6.61 Å². The summed E-state index contributed by atoms with van der Waals surface area (Å²) >= 11 is 0. The lowest BCUT2D eigenvalue weighted by atomic mass is 10.0. The number of hydrogen-bond acceptors (Lipinski definition) is 3. The highest BCUT2D eigenvalue weighted by Gasteiger charge is 2.06. The fraction of sp³-hybridized carbons (Fsp3) is 0.435. The molecule has 29 heavy (non-hydrogen) atoms. The van der Waals surface area contributed by atoms with Crippen LogP contribution in [0.25, 0.3) is 0 Å². The van der Waals surface area contributed by atoms with Gasteiger partial charge in [-0.15, -0.1) is 24.0 Å². The fourth-order valence-electron chi connectivity index (χ4n) is 2.83. The molecule has 0 heterocycles. The van der Waals surface area contributed by atoms with Crippen molar-refractivity contribution in [1.82, 2.24) is 15.5 Å². The first kappa shape index (κ1) is 25.2. The highest BCUT2D eigenvalue weighted by atomic mass is 127. The lowest BCUT2D eigenvalue weighted by Gasteiger charge is -2.16. The van der Waals surface area contributed by atoms with Crippen LogP contribution in [0.1, 0.15) is 30.4 Å². The van der Waals surface area contributed by atoms with Gasteiger partial charge in [0.25, 0.3) is 0 Å². The molecule has 1 atom stereocenters. The Hall–Kier alpha value is -1.80. The Balaban J connectivity index is 0.00000420. The minimum atomic E-state index is 0. The van der Waals surface area contributed by atoms with Gasteiger partial charge in [0.2, 0.25) is 0 Å². The molecule has 0 aliphatic rings. The van der Waals surface area contributed by atoms with Gasteiger partial charge in [-0.05, 0) is 49.7 Å². The molecule has 0 amide bonds. The second-order valence-electron chi connectivity index (χ2n) is 7.27. The first-order valence-electron chi connectivity index (χ1n) is 9.94. The van der Waals surface area contributed by atoms with E-state index in [0.717, 1.165) is 44.4 Å². The maximum atomic E-state index is 5.78. The summed E-state index contributed by atoms with van der Waals surface area (Å²) in [6.07, 6.45) is 1.03. The molecular formula is C23H35IN4O. The van der Waals surface area contributed by atoms with E-state index in [1.807, 2.05) is 18.2 Å². The molecule has 0 radical (unpaired) electrons. The van der Waals surface area contributed by atoms with E-state index in [1.165, 1.54) is 11.1 Å². The zero-order chi connectivity index (χ0) is 20.2. The summed E-state index contributed by atoms with van der Waals surface area (Å²) in [5.41, 5.74) is 2.52. The maximum Gasteiger partial charge on any atom is 0.191 e. The van der Waals surface area contributed by atoms with Gasteiger partial charge in [0, 0.05) is 26.7 Å². The SMILES string of the molecule is CN=C(NCc1ccc(OCCCN(C)C)cc1)NCC(C)c1ccccc1.I. The van der Waals surface area contributed by atoms with Crippen molar-refractivity contribution in [3.8, 4) is 5.75 Å². The van der Waals surface area contributed by atoms with Crippen LogP contribution in [0.15, 0.2) is 59.6 Å². The second kappa shape index (κ2) is 14.2. The summed E-state index contributed by atoms with van der Waals surface area (Å²) in [4.78, 5) is 6.48. The second-order valence-corrected chi connectivity index (χ2v) is 7.27. The van der Waals surface area contributed by atoms with Crippen molar-refractivity contribution in [2.24, 2.45) is 4.99 Å². The molecular weight excluding hydrogens is 475 g/mol. The molecule has 0 aromatic heterocycles. The highest BCUT2D eigenvalue weighted by Crippen LogP contribution is 2.14. The molecule has 2 aromatic rings. The van der Waals surface area contributed by atoms with Crippen molar-refractivity contribution < 1.29 is 4.74 Å². The molecule has 2 aromatic carbocycles. The topological polar surface area (TPSA) is 48.9 Å². The lowest BCUT2D eigenvalue weighted by molar-refractivity contribution is 0.281. The summed E-state index contributed by atoms with van der Waals surface area (Å²) in [5, 5.41) is 6.77. The molecule has 0 saturated carbocycles. The summed E-state index contributed by atoms with van der Waals surface area (Å²) in [6, 6.07) is 18.8. The minimum absolute atomic E-state index is 0. The number of ether oxygens (including phenoxy) is 1. The Bertz CT molecular complexity index is 705. The van der Waals surface area contributed by atoms with Gasteiger partial charge in [-0.1, -0.05) is 49.4 Å². The van der Waals surface area contributed by atoms with Gasteiger partial charge >= 0.3 is 0 Å². The van der Waals surface area contributed by atoms with Crippen molar-refractivity contribution in [3.63, 3.8) is 0 Å². The van der Waals surface area contributed by atoms with E-state index >= 15 is 0 Å². The molecule has 6 heteroatoms. The van der Waals surface area contributed by atoms with E-state index in [1.54, 1.807) is 7.05 Å². The number of aliphatic imine (C=N–C) groups is 1. The fourth-order valence-corrected chi connectivity index (χ4v) is 2.83. The smallest absolute Gasteiger partial charge is 0.191 e. The summed E-state index contributed by atoms with van der Waals surface area (Å²) in [6.45, 7) is 5.56. The van der Waals surface area contributed by atoms with Crippen LogP contribution in [0.4, 0.5) is 0 Å². The zero-order valence-corrected chi connectivity index (χ0v) is 20.4. The van der Waals surface area contributed by atoms with Gasteiger partial charge in [-0.25, -0.2) is 0 Å². The third kappa shape index (κ3) is 9.99. The van der Waals surface area contributed by atoms with Crippen molar-refractivity contribution >= 4 is 29.9 Å². The molecule has 0 saturated heterocycles. The van der Waals surface area contributed by atoms with E-state index in [0.29, 0.717) is 5.92 Å². The first-order chi connectivity index (χ1) is 13.6. The Morgan fingerprint density at radius 2 is 1.72 bits per heavy atom. The molecule has 160 valence electrons. The van der Waals surface area contributed by atoms with E-state index in [4.69, 9.17) is 4.74 Å². The quantitative estimate of drug-likeness (QED) is 0.219. The minimum Gasteiger partial charge on any atom is -0.494 e. The molecule has 0 fully saturated rings. The van der Waals surface area contributed by atoms with Gasteiger partial charge in [-0.3, -0.25) is 4.99 Å². The summed E-state index contributed by atoms with van der Waals surface area (Å²) in [5.74, 6) is 2.15. The van der Waals surface area contributed by atoms with Crippen LogP contribution in [0.5, 0.6) is 5.75 Å². The number of hydrogen-bond donors (Lipinski definition) is 2. The molecule has 0 bridgehead atoms. The molecule has 5 nitrogen and oxygen atoms in total. The number of nitrogens with zero attached hydrogens (tertiary/aromatic N) is 2. The van der Waals surface area contributed by atoms with Crippen LogP contribution >= 0.6 is 24.0 Å². The third-order valence-corrected chi connectivity index (χ3v) is 4.57. The molecule has 1 unspecified atom stereocenters. The summed E-state index contributed by atoms with van der Waals surface area (Å²) in [7, 11) is 5.95. The monoisotopic (exact) mass is 510 g/mol. The summed E-state index contributed by atoms with van der Waals surface area (Å²) < 4.78 is 5.78. The van der Waals surface area contributed by atoms with Crippen LogP contribution in [0, 0.1) is 0 Å². The predicted molar refractivity (Wildman–Crippen MR) is 134 cm³/mol. The lowest BCUT2D eigenvalue weighted by Crippen LogP contribution is -2.38. The van der Waals surface area contributed by atoms with E-state index in [-0.39, 0.29) is 24.0 Å². The normalized spacial score (nSPS) is 12.2. The van der Waals surface area contributed by atoms with Gasteiger partial charge < -0.3 is 20.3 Å². The molecule has 2 rings (SSSR count). The van der Waals surface area contributed by atoms with Gasteiger partial charge in [0.15, 0.2) is 5.96 Å². The van der Waals surface area contributed by atoms with E-state index in [2.05, 4.69) is 77.9 Å². The van der Waals surface area contributed by atoms with Crippen molar-refractivity contribution in [3.05, 3.63) is 65.7 Å². The van der Waals surface area contributed by atoms with Crippen LogP contribution < -0.4 is 15.4 Å². The number of benzene rings is 2. The van der Waals surface area contributed by atoms with E-state index < -0.39 is 0 Å². The van der Waals surface area contributed by atoms with E-state index in [9.17, 15) is 0 Å². The van der Waals surface area contributed by atoms with Crippen molar-refractivity contribution in [1.29, 1.82) is 0 Å². The Labute approximate surface area is 193 Å². The Morgan fingerprint density at radius 3 is 2.34 bits per heavy atom. The Morgan fingerprint density at radius 1 is 1.03 bits per heavy atom.